The molecule has 26 heavy (non-hydrogen) atoms. The van der Waals surface area contributed by atoms with Gasteiger partial charge in [-0.1, -0.05) is 24.3 Å². The zero-order valence-electron chi connectivity index (χ0n) is 14.8. The van der Waals surface area contributed by atoms with Crippen LogP contribution in [0, 0.1) is 23.5 Å². The van der Waals surface area contributed by atoms with Gasteiger partial charge in [0, 0.05) is 12.8 Å². The average molecular weight is 354 g/mol. The van der Waals surface area contributed by atoms with Crippen molar-refractivity contribution in [2.75, 3.05) is 0 Å². The van der Waals surface area contributed by atoms with Gasteiger partial charge in [0.15, 0.2) is 0 Å². The molecule has 2 aromatic carbocycles. The minimum Gasteiger partial charge on any atom is -0.300 e. The Hall–Kier alpha value is -2.03. The molecule has 2 fully saturated rings. The van der Waals surface area contributed by atoms with Crippen LogP contribution in [0.3, 0.4) is 0 Å². The Morgan fingerprint density at radius 2 is 1.08 bits per heavy atom. The third kappa shape index (κ3) is 4.20. The van der Waals surface area contributed by atoms with E-state index in [9.17, 15) is 13.6 Å². The number of carbonyl (C=O) groups excluding carboxylic acids is 1. The van der Waals surface area contributed by atoms with Crippen LogP contribution in [0.1, 0.15) is 61.5 Å². The molecule has 1 nitrogen and oxygen atoms in total. The molecule has 0 saturated heterocycles. The molecule has 0 radical (unpaired) electrons. The predicted octanol–water partition coefficient (Wildman–Crippen LogP) is 6.00. The molecule has 2 saturated carbocycles. The van der Waals surface area contributed by atoms with Gasteiger partial charge in [-0.05, 0) is 84.7 Å². The second-order valence-corrected chi connectivity index (χ2v) is 7.94. The lowest BCUT2D eigenvalue weighted by atomic mass is 9.84. The molecule has 4 rings (SSSR count). The second-order valence-electron chi connectivity index (χ2n) is 7.94. The molecule has 0 aromatic heterocycles. The number of halogens is 2. The van der Waals surface area contributed by atoms with Crippen molar-refractivity contribution in [1.29, 1.82) is 0 Å². The lowest BCUT2D eigenvalue weighted by Crippen LogP contribution is -2.14. The highest BCUT2D eigenvalue weighted by Crippen LogP contribution is 2.47. The smallest absolute Gasteiger partial charge is 0.134 e. The minimum absolute atomic E-state index is 0.205. The van der Waals surface area contributed by atoms with E-state index in [1.165, 1.54) is 24.3 Å². The molecule has 2 aromatic rings. The first-order valence-electron chi connectivity index (χ1n) is 9.63. The standard InChI is InChI=1S/C23H24F2O/c24-19-9-5-17(6-10-19)22(15-1-2-15)13-21(26)14-23(16-3-4-16)18-7-11-20(25)12-8-18/h5-12,15-16,22-23H,1-4,13-14H2/t22-,23+. The summed E-state index contributed by atoms with van der Waals surface area (Å²) < 4.78 is 26.4. The molecule has 2 aliphatic carbocycles. The number of benzene rings is 2. The maximum Gasteiger partial charge on any atom is 0.134 e. The number of carbonyl (C=O) groups is 1. The van der Waals surface area contributed by atoms with E-state index < -0.39 is 0 Å². The summed E-state index contributed by atoms with van der Waals surface area (Å²) >= 11 is 0. The van der Waals surface area contributed by atoms with E-state index in [0.29, 0.717) is 24.7 Å². The van der Waals surface area contributed by atoms with Crippen molar-refractivity contribution in [2.45, 2.75) is 50.4 Å². The molecule has 3 heteroatoms. The third-order valence-corrected chi connectivity index (χ3v) is 5.87. The molecular weight excluding hydrogens is 330 g/mol. The number of rotatable bonds is 8. The fraction of sp³-hybridized carbons (Fsp3) is 0.435. The maximum atomic E-state index is 13.2. The van der Waals surface area contributed by atoms with Crippen molar-refractivity contribution >= 4 is 5.78 Å². The Morgan fingerprint density at radius 3 is 1.38 bits per heavy atom. The molecule has 0 amide bonds. The van der Waals surface area contributed by atoms with Crippen LogP contribution in [-0.4, -0.2) is 5.78 Å². The molecule has 0 heterocycles. The fourth-order valence-corrected chi connectivity index (χ4v) is 4.10. The quantitative estimate of drug-likeness (QED) is 0.568. The van der Waals surface area contributed by atoms with Crippen molar-refractivity contribution in [3.63, 3.8) is 0 Å². The van der Waals surface area contributed by atoms with Gasteiger partial charge in [0.1, 0.15) is 17.4 Å². The van der Waals surface area contributed by atoms with Gasteiger partial charge < -0.3 is 0 Å². The summed E-state index contributed by atoms with van der Waals surface area (Å²) in [4.78, 5) is 12.9. The van der Waals surface area contributed by atoms with E-state index in [-0.39, 0.29) is 29.3 Å². The summed E-state index contributed by atoms with van der Waals surface area (Å²) in [5, 5.41) is 0. The molecule has 0 aliphatic heterocycles. The first-order valence-corrected chi connectivity index (χ1v) is 9.63. The molecule has 2 atom stereocenters. The molecule has 2 aliphatic rings. The summed E-state index contributed by atoms with van der Waals surface area (Å²) in [5.41, 5.74) is 2.15. The van der Waals surface area contributed by atoms with Crippen molar-refractivity contribution in [2.24, 2.45) is 11.8 Å². The SMILES string of the molecule is O=C(C[C@H](c1ccc(F)cc1)C1CC1)C[C@@H](c1ccc(F)cc1)C1CC1. The van der Waals surface area contributed by atoms with Gasteiger partial charge in [0.05, 0.1) is 0 Å². The third-order valence-electron chi connectivity index (χ3n) is 5.87. The van der Waals surface area contributed by atoms with Gasteiger partial charge in [-0.25, -0.2) is 8.78 Å². The first kappa shape index (κ1) is 17.4. The highest BCUT2D eigenvalue weighted by atomic mass is 19.1. The lowest BCUT2D eigenvalue weighted by Gasteiger charge is -2.20. The number of hydrogen-bond acceptors (Lipinski definition) is 1. The van der Waals surface area contributed by atoms with Gasteiger partial charge in [0.25, 0.3) is 0 Å². The topological polar surface area (TPSA) is 17.1 Å². The Bertz CT molecular complexity index is 692. The van der Waals surface area contributed by atoms with E-state index in [0.717, 1.165) is 36.8 Å². The highest BCUT2D eigenvalue weighted by molar-refractivity contribution is 5.80. The van der Waals surface area contributed by atoms with Crippen LogP contribution in [0.15, 0.2) is 48.5 Å². The van der Waals surface area contributed by atoms with Crippen LogP contribution in [0.25, 0.3) is 0 Å². The largest absolute Gasteiger partial charge is 0.300 e. The molecule has 0 unspecified atom stereocenters. The van der Waals surface area contributed by atoms with E-state index >= 15 is 0 Å². The average Bonchev–Trinajstić information content (AvgIpc) is 3.53. The highest BCUT2D eigenvalue weighted by Gasteiger charge is 2.37. The van der Waals surface area contributed by atoms with Gasteiger partial charge in [-0.2, -0.15) is 0 Å². The molecule has 136 valence electrons. The van der Waals surface area contributed by atoms with E-state index in [1.54, 1.807) is 0 Å². The zero-order valence-corrected chi connectivity index (χ0v) is 14.8. The first-order chi connectivity index (χ1) is 12.6. The fourth-order valence-electron chi connectivity index (χ4n) is 4.10. The van der Waals surface area contributed by atoms with Crippen LogP contribution in [0.5, 0.6) is 0 Å². The van der Waals surface area contributed by atoms with Crippen LogP contribution in [0.2, 0.25) is 0 Å². The number of ketones is 1. The maximum absolute atomic E-state index is 13.2. The van der Waals surface area contributed by atoms with Crippen LogP contribution in [0.4, 0.5) is 8.78 Å². The van der Waals surface area contributed by atoms with Crippen LogP contribution in [-0.2, 0) is 4.79 Å². The lowest BCUT2D eigenvalue weighted by molar-refractivity contribution is -0.120. The summed E-state index contributed by atoms with van der Waals surface area (Å²) in [6.45, 7) is 0. The van der Waals surface area contributed by atoms with Gasteiger partial charge in [-0.3, -0.25) is 4.79 Å². The molecular formula is C23H24F2O. The molecule has 0 bridgehead atoms. The Balaban J connectivity index is 1.45. The van der Waals surface area contributed by atoms with Gasteiger partial charge in [0.2, 0.25) is 0 Å². The van der Waals surface area contributed by atoms with E-state index in [2.05, 4.69) is 0 Å². The zero-order chi connectivity index (χ0) is 18.1. The Kier molecular flexibility index (Phi) is 4.88. The normalized spacial score (nSPS) is 19.2. The van der Waals surface area contributed by atoms with Crippen LogP contribution >= 0.6 is 0 Å². The van der Waals surface area contributed by atoms with Gasteiger partial charge in [-0.15, -0.1) is 0 Å². The summed E-state index contributed by atoms with van der Waals surface area (Å²) in [5.74, 6) is 1.31. The molecule has 0 spiro atoms. The number of Topliss-reactive ketones (excluding diaryl/α,β-unsaturated/α-hetero) is 1. The summed E-state index contributed by atoms with van der Waals surface area (Å²) in [6.07, 6.45) is 5.67. The number of hydrogen-bond donors (Lipinski definition) is 0. The van der Waals surface area contributed by atoms with E-state index in [4.69, 9.17) is 0 Å². The minimum atomic E-state index is -0.236. The summed E-state index contributed by atoms with van der Waals surface area (Å²) in [6, 6.07) is 13.2. The van der Waals surface area contributed by atoms with Crippen LogP contribution < -0.4 is 0 Å². The Morgan fingerprint density at radius 1 is 0.731 bits per heavy atom. The monoisotopic (exact) mass is 354 g/mol. The van der Waals surface area contributed by atoms with E-state index in [1.807, 2.05) is 24.3 Å². The van der Waals surface area contributed by atoms with Gasteiger partial charge >= 0.3 is 0 Å². The Labute approximate surface area is 153 Å². The predicted molar refractivity (Wildman–Crippen MR) is 98.0 cm³/mol. The van der Waals surface area contributed by atoms with Crippen molar-refractivity contribution in [3.8, 4) is 0 Å². The van der Waals surface area contributed by atoms with Crippen molar-refractivity contribution in [3.05, 3.63) is 71.3 Å². The molecule has 0 N–H and O–H groups in total. The summed E-state index contributed by atoms with van der Waals surface area (Å²) in [7, 11) is 0. The van der Waals surface area contributed by atoms with Crippen molar-refractivity contribution < 1.29 is 13.6 Å². The second kappa shape index (κ2) is 7.30. The van der Waals surface area contributed by atoms with Crippen molar-refractivity contribution in [1.82, 2.24) is 0 Å².